The minimum atomic E-state index is -0.315. The molecule has 1 amide bonds. The first-order valence-corrected chi connectivity index (χ1v) is 10.3. The van der Waals surface area contributed by atoms with Gasteiger partial charge in [-0.15, -0.1) is 5.10 Å². The van der Waals surface area contributed by atoms with Crippen molar-refractivity contribution in [3.63, 3.8) is 0 Å². The van der Waals surface area contributed by atoms with Gasteiger partial charge >= 0.3 is 0 Å². The number of rotatable bonds is 4. The van der Waals surface area contributed by atoms with Crippen LogP contribution in [0.25, 0.3) is 11.2 Å². The summed E-state index contributed by atoms with van der Waals surface area (Å²) in [7, 11) is 0. The molecule has 0 bridgehead atoms. The first kappa shape index (κ1) is 19.2. The summed E-state index contributed by atoms with van der Waals surface area (Å²) in [5, 5.41) is 8.17. The van der Waals surface area contributed by atoms with Crippen LogP contribution in [0, 0.1) is 6.92 Å². The Hall–Kier alpha value is -3.75. The predicted octanol–water partition coefficient (Wildman–Crippen LogP) is 2.48. The molecule has 9 heteroatoms. The number of aryl methyl sites for hydroxylation is 1. The van der Waals surface area contributed by atoms with E-state index in [1.807, 2.05) is 31.2 Å². The van der Waals surface area contributed by atoms with Gasteiger partial charge < -0.3 is 14.3 Å². The highest BCUT2D eigenvalue weighted by atomic mass is 16.3. The third kappa shape index (κ3) is 3.74. The molecule has 1 aromatic carbocycles. The Morgan fingerprint density at radius 3 is 2.87 bits per heavy atom. The van der Waals surface area contributed by atoms with Gasteiger partial charge in [-0.1, -0.05) is 35.0 Å². The lowest BCUT2D eigenvalue weighted by atomic mass is 9.97. The van der Waals surface area contributed by atoms with Gasteiger partial charge in [0.05, 0.1) is 12.8 Å². The third-order valence-corrected chi connectivity index (χ3v) is 5.67. The number of carbonyl (C=O) groups excluding carboxylic acids is 1. The van der Waals surface area contributed by atoms with Crippen LogP contribution in [0.15, 0.2) is 51.9 Å². The Bertz CT molecular complexity index is 1270. The smallest absolute Gasteiger partial charge is 0.289 e. The van der Waals surface area contributed by atoms with Gasteiger partial charge in [0, 0.05) is 19.0 Å². The maximum Gasteiger partial charge on any atom is 0.289 e. The SMILES string of the molecule is Cc1ccc(Cn2nnc3c(=O)[nH]c([C@@H]4CCCN(C(=O)c5ccco5)C4)nc32)cc1. The van der Waals surface area contributed by atoms with Gasteiger partial charge in [0.1, 0.15) is 5.82 Å². The topological polar surface area (TPSA) is 110 Å². The van der Waals surface area contributed by atoms with E-state index in [0.29, 0.717) is 36.9 Å². The molecule has 3 aromatic heterocycles. The number of likely N-dealkylation sites (tertiary alicyclic amines) is 1. The van der Waals surface area contributed by atoms with Crippen LogP contribution in [-0.2, 0) is 6.54 Å². The van der Waals surface area contributed by atoms with Gasteiger partial charge in [-0.2, -0.15) is 0 Å². The maximum absolute atomic E-state index is 12.7. The minimum absolute atomic E-state index is 0.0764. The number of aromatic nitrogens is 5. The van der Waals surface area contributed by atoms with Crippen LogP contribution >= 0.6 is 0 Å². The van der Waals surface area contributed by atoms with E-state index < -0.39 is 0 Å². The molecular formula is C22H22N6O3. The van der Waals surface area contributed by atoms with Gasteiger partial charge in [0.2, 0.25) is 0 Å². The molecule has 1 N–H and O–H groups in total. The Morgan fingerprint density at radius 2 is 2.10 bits per heavy atom. The molecule has 5 rings (SSSR count). The van der Waals surface area contributed by atoms with E-state index in [0.717, 1.165) is 18.4 Å². The first-order valence-electron chi connectivity index (χ1n) is 10.3. The lowest BCUT2D eigenvalue weighted by Crippen LogP contribution is -2.39. The summed E-state index contributed by atoms with van der Waals surface area (Å²) in [5.41, 5.74) is 2.58. The summed E-state index contributed by atoms with van der Waals surface area (Å²) >= 11 is 0. The van der Waals surface area contributed by atoms with Crippen molar-refractivity contribution < 1.29 is 9.21 Å². The zero-order valence-electron chi connectivity index (χ0n) is 17.1. The number of benzene rings is 1. The van der Waals surface area contributed by atoms with Crippen molar-refractivity contribution in [3.05, 3.63) is 75.7 Å². The standard InChI is InChI=1S/C22H22N6O3/c1-14-6-8-15(9-7-14)12-28-20-18(25-26-28)21(29)24-19(23-20)16-4-2-10-27(13-16)22(30)17-5-3-11-31-17/h3,5-9,11,16H,2,4,10,12-13H2,1H3,(H,23,24,29)/t16-/m1/s1. The number of nitrogens with one attached hydrogen (secondary N) is 1. The van der Waals surface area contributed by atoms with E-state index in [9.17, 15) is 9.59 Å². The van der Waals surface area contributed by atoms with Crippen molar-refractivity contribution >= 4 is 17.1 Å². The molecule has 0 spiro atoms. The number of furan rings is 1. The Morgan fingerprint density at radius 1 is 1.26 bits per heavy atom. The zero-order chi connectivity index (χ0) is 21.4. The molecule has 158 valence electrons. The van der Waals surface area contributed by atoms with Crippen molar-refractivity contribution in [2.24, 2.45) is 0 Å². The lowest BCUT2D eigenvalue weighted by Gasteiger charge is -2.31. The average Bonchev–Trinajstić information content (AvgIpc) is 3.46. The Kier molecular flexibility index (Phi) is 4.85. The molecule has 4 heterocycles. The first-order chi connectivity index (χ1) is 15.1. The molecule has 1 aliphatic heterocycles. The molecule has 1 aliphatic rings. The molecule has 1 atom stereocenters. The van der Waals surface area contributed by atoms with E-state index in [2.05, 4.69) is 15.3 Å². The fraction of sp³-hybridized carbons (Fsp3) is 0.318. The van der Waals surface area contributed by atoms with E-state index in [1.165, 1.54) is 11.8 Å². The van der Waals surface area contributed by atoms with Crippen LogP contribution in [0.4, 0.5) is 0 Å². The Balaban J connectivity index is 1.43. The molecule has 0 aliphatic carbocycles. The summed E-state index contributed by atoms with van der Waals surface area (Å²) in [6, 6.07) is 11.5. The van der Waals surface area contributed by atoms with Crippen LogP contribution in [0.1, 0.15) is 46.3 Å². The number of amides is 1. The maximum atomic E-state index is 12.7. The number of piperidine rings is 1. The molecule has 31 heavy (non-hydrogen) atoms. The molecular weight excluding hydrogens is 396 g/mol. The summed E-state index contributed by atoms with van der Waals surface area (Å²) in [6.45, 7) is 3.62. The largest absolute Gasteiger partial charge is 0.459 e. The highest BCUT2D eigenvalue weighted by Crippen LogP contribution is 2.26. The predicted molar refractivity (Wildman–Crippen MR) is 113 cm³/mol. The van der Waals surface area contributed by atoms with E-state index in [4.69, 9.17) is 9.40 Å². The van der Waals surface area contributed by atoms with Crippen LogP contribution in [0.3, 0.4) is 0 Å². The number of carbonyl (C=O) groups is 1. The summed E-state index contributed by atoms with van der Waals surface area (Å²) in [5.74, 6) is 0.650. The second-order valence-electron chi connectivity index (χ2n) is 7.92. The number of fused-ring (bicyclic) bond motifs is 1. The molecule has 0 radical (unpaired) electrons. The van der Waals surface area contributed by atoms with E-state index in [1.54, 1.807) is 21.7 Å². The highest BCUT2D eigenvalue weighted by Gasteiger charge is 2.29. The number of aromatic amines is 1. The van der Waals surface area contributed by atoms with Gasteiger partial charge in [-0.05, 0) is 37.5 Å². The molecule has 9 nitrogen and oxygen atoms in total. The second-order valence-corrected chi connectivity index (χ2v) is 7.92. The van der Waals surface area contributed by atoms with Crippen LogP contribution in [0.5, 0.6) is 0 Å². The van der Waals surface area contributed by atoms with E-state index in [-0.39, 0.29) is 22.9 Å². The Labute approximate surface area is 177 Å². The fourth-order valence-electron chi connectivity index (χ4n) is 3.99. The van der Waals surface area contributed by atoms with Crippen molar-refractivity contribution in [2.75, 3.05) is 13.1 Å². The summed E-state index contributed by atoms with van der Waals surface area (Å²) < 4.78 is 6.90. The van der Waals surface area contributed by atoms with Crippen LogP contribution < -0.4 is 5.56 Å². The number of nitrogens with zero attached hydrogens (tertiary/aromatic N) is 5. The van der Waals surface area contributed by atoms with Gasteiger partial charge in [0.25, 0.3) is 11.5 Å². The van der Waals surface area contributed by atoms with Gasteiger partial charge in [-0.3, -0.25) is 9.59 Å². The van der Waals surface area contributed by atoms with Crippen LogP contribution in [0.2, 0.25) is 0 Å². The van der Waals surface area contributed by atoms with Crippen molar-refractivity contribution in [1.82, 2.24) is 29.9 Å². The monoisotopic (exact) mass is 418 g/mol. The van der Waals surface area contributed by atoms with Crippen molar-refractivity contribution in [3.8, 4) is 0 Å². The number of H-pyrrole nitrogens is 1. The van der Waals surface area contributed by atoms with Gasteiger partial charge in [-0.25, -0.2) is 9.67 Å². The van der Waals surface area contributed by atoms with Crippen molar-refractivity contribution in [1.29, 1.82) is 0 Å². The normalized spacial score (nSPS) is 16.7. The molecule has 0 saturated carbocycles. The molecule has 1 fully saturated rings. The fourth-order valence-corrected chi connectivity index (χ4v) is 3.99. The number of hydrogen-bond acceptors (Lipinski definition) is 6. The quantitative estimate of drug-likeness (QED) is 0.545. The minimum Gasteiger partial charge on any atom is -0.459 e. The third-order valence-electron chi connectivity index (χ3n) is 5.67. The van der Waals surface area contributed by atoms with Gasteiger partial charge in [0.15, 0.2) is 16.9 Å². The molecule has 4 aromatic rings. The average molecular weight is 418 g/mol. The van der Waals surface area contributed by atoms with E-state index >= 15 is 0 Å². The lowest BCUT2D eigenvalue weighted by molar-refractivity contribution is 0.0672. The van der Waals surface area contributed by atoms with Crippen LogP contribution in [-0.4, -0.2) is 48.9 Å². The second kappa shape index (κ2) is 7.82. The zero-order valence-corrected chi connectivity index (χ0v) is 17.1. The summed E-state index contributed by atoms with van der Waals surface area (Å²) in [4.78, 5) is 34.6. The highest BCUT2D eigenvalue weighted by molar-refractivity contribution is 5.91. The molecule has 1 saturated heterocycles. The molecule has 0 unspecified atom stereocenters. The summed E-state index contributed by atoms with van der Waals surface area (Å²) in [6.07, 6.45) is 3.14. The van der Waals surface area contributed by atoms with Crippen molar-refractivity contribution in [2.45, 2.75) is 32.2 Å². The number of hydrogen-bond donors (Lipinski definition) is 1.